The van der Waals surface area contributed by atoms with Crippen LogP contribution in [-0.4, -0.2) is 28.1 Å². The zero-order chi connectivity index (χ0) is 17.5. The van der Waals surface area contributed by atoms with Gasteiger partial charge in [0.25, 0.3) is 0 Å². The molecule has 0 saturated heterocycles. The second-order valence-corrected chi connectivity index (χ2v) is 12.8. The highest BCUT2D eigenvalue weighted by Gasteiger charge is 2.37. The molecule has 7 heteroatoms. The predicted molar refractivity (Wildman–Crippen MR) is 100 cm³/mol. The third-order valence-corrected chi connectivity index (χ3v) is 9.16. The first-order chi connectivity index (χ1) is 10.7. The molecule has 0 radical (unpaired) electrons. The normalized spacial score (nSPS) is 13.3. The number of azide groups is 1. The van der Waals surface area contributed by atoms with Gasteiger partial charge in [-0.2, -0.15) is 0 Å². The van der Waals surface area contributed by atoms with Crippen LogP contribution in [-0.2, 0) is 4.43 Å². The molecule has 1 aromatic rings. The van der Waals surface area contributed by atoms with Gasteiger partial charge in [-0.25, -0.2) is 0 Å². The van der Waals surface area contributed by atoms with Crippen LogP contribution in [0.1, 0.15) is 20.8 Å². The molecule has 1 rings (SSSR count). The smallest absolute Gasteiger partial charge is 0.191 e. The SMILES string of the molecule is CC(C)(C)[Si](C)(C)OC[C@@H](CN=[N+]=[N-])COc1cccc(Br)c1. The van der Waals surface area contributed by atoms with E-state index in [1.807, 2.05) is 24.3 Å². The Kier molecular flexibility index (Phi) is 7.60. The molecule has 0 aliphatic rings. The summed E-state index contributed by atoms with van der Waals surface area (Å²) in [5.74, 6) is 0.830. The number of ether oxygens (including phenoxy) is 1. The number of nitrogens with zero attached hydrogens (tertiary/aromatic N) is 3. The van der Waals surface area contributed by atoms with Crippen molar-refractivity contribution in [2.45, 2.75) is 38.9 Å². The Labute approximate surface area is 148 Å². The Morgan fingerprint density at radius 2 is 2.00 bits per heavy atom. The van der Waals surface area contributed by atoms with Crippen LogP contribution in [0, 0.1) is 5.92 Å². The van der Waals surface area contributed by atoms with Crippen LogP contribution >= 0.6 is 15.9 Å². The van der Waals surface area contributed by atoms with E-state index in [9.17, 15) is 0 Å². The van der Waals surface area contributed by atoms with Crippen LogP contribution in [0.3, 0.4) is 0 Å². The third kappa shape index (κ3) is 6.95. The third-order valence-electron chi connectivity index (χ3n) is 4.17. The van der Waals surface area contributed by atoms with Crippen LogP contribution < -0.4 is 4.74 Å². The molecule has 1 aromatic carbocycles. The highest BCUT2D eigenvalue weighted by atomic mass is 79.9. The summed E-state index contributed by atoms with van der Waals surface area (Å²) in [5.41, 5.74) is 8.57. The maximum Gasteiger partial charge on any atom is 0.191 e. The molecule has 23 heavy (non-hydrogen) atoms. The van der Waals surface area contributed by atoms with Crippen molar-refractivity contribution in [1.82, 2.24) is 0 Å². The van der Waals surface area contributed by atoms with E-state index in [1.165, 1.54) is 0 Å². The fraction of sp³-hybridized carbons (Fsp3) is 0.625. The minimum Gasteiger partial charge on any atom is -0.493 e. The predicted octanol–water partition coefficient (Wildman–Crippen LogP) is 5.78. The fourth-order valence-electron chi connectivity index (χ4n) is 1.62. The minimum atomic E-state index is -1.82. The first-order valence-electron chi connectivity index (χ1n) is 7.69. The van der Waals surface area contributed by atoms with E-state index in [1.54, 1.807) is 0 Å². The van der Waals surface area contributed by atoms with Crippen molar-refractivity contribution in [3.05, 3.63) is 39.2 Å². The van der Waals surface area contributed by atoms with Crippen LogP contribution in [0.15, 0.2) is 33.9 Å². The molecule has 128 valence electrons. The van der Waals surface area contributed by atoms with Gasteiger partial charge >= 0.3 is 0 Å². The van der Waals surface area contributed by atoms with Crippen molar-refractivity contribution in [2.24, 2.45) is 11.0 Å². The fourth-order valence-corrected chi connectivity index (χ4v) is 3.08. The van der Waals surface area contributed by atoms with Crippen molar-refractivity contribution in [1.29, 1.82) is 0 Å². The molecule has 5 nitrogen and oxygen atoms in total. The lowest BCUT2D eigenvalue weighted by Crippen LogP contribution is -2.42. The van der Waals surface area contributed by atoms with Gasteiger partial charge in [-0.3, -0.25) is 0 Å². The zero-order valence-corrected chi connectivity index (χ0v) is 17.1. The van der Waals surface area contributed by atoms with Gasteiger partial charge in [0.1, 0.15) is 5.75 Å². The summed E-state index contributed by atoms with van der Waals surface area (Å²) in [6.07, 6.45) is 0. The van der Waals surface area contributed by atoms with E-state index in [4.69, 9.17) is 14.7 Å². The molecule has 0 N–H and O–H groups in total. The lowest BCUT2D eigenvalue weighted by Gasteiger charge is -2.37. The Balaban J connectivity index is 2.64. The van der Waals surface area contributed by atoms with Crippen molar-refractivity contribution in [3.8, 4) is 5.75 Å². The summed E-state index contributed by atoms with van der Waals surface area (Å²) >= 11 is 3.42. The van der Waals surface area contributed by atoms with Crippen LogP contribution in [0.2, 0.25) is 18.1 Å². The summed E-state index contributed by atoms with van der Waals surface area (Å²) in [4.78, 5) is 2.86. The number of halogens is 1. The van der Waals surface area contributed by atoms with Crippen LogP contribution in [0.4, 0.5) is 0 Å². The van der Waals surface area contributed by atoms with Crippen molar-refractivity contribution < 1.29 is 9.16 Å². The molecular formula is C16H26BrN3O2Si. The molecular weight excluding hydrogens is 374 g/mol. The maximum absolute atomic E-state index is 8.57. The Hall–Kier alpha value is -1.01. The maximum atomic E-state index is 8.57. The molecule has 0 fully saturated rings. The van der Waals surface area contributed by atoms with E-state index in [0.29, 0.717) is 19.8 Å². The zero-order valence-electron chi connectivity index (χ0n) is 14.5. The number of rotatable bonds is 8. The topological polar surface area (TPSA) is 67.2 Å². The summed E-state index contributed by atoms with van der Waals surface area (Å²) in [6.45, 7) is 12.4. The Morgan fingerprint density at radius 1 is 1.30 bits per heavy atom. The molecule has 0 aliphatic heterocycles. The first kappa shape index (κ1) is 20.0. The van der Waals surface area contributed by atoms with Crippen molar-refractivity contribution in [2.75, 3.05) is 19.8 Å². The number of hydrogen-bond acceptors (Lipinski definition) is 3. The summed E-state index contributed by atoms with van der Waals surface area (Å²) in [7, 11) is -1.82. The lowest BCUT2D eigenvalue weighted by atomic mass is 10.2. The Morgan fingerprint density at radius 3 is 2.57 bits per heavy atom. The van der Waals surface area contributed by atoms with Gasteiger partial charge in [-0.15, -0.1) is 0 Å². The summed E-state index contributed by atoms with van der Waals surface area (Å²) in [5, 5.41) is 3.85. The molecule has 0 aromatic heterocycles. The van der Waals surface area contributed by atoms with Gasteiger partial charge in [0, 0.05) is 28.5 Å². The van der Waals surface area contributed by atoms with E-state index in [2.05, 4.69) is 59.8 Å². The van der Waals surface area contributed by atoms with Crippen molar-refractivity contribution >= 4 is 24.2 Å². The minimum absolute atomic E-state index is 0.0407. The quantitative estimate of drug-likeness (QED) is 0.240. The molecule has 0 amide bonds. The summed E-state index contributed by atoms with van der Waals surface area (Å²) in [6, 6.07) is 7.70. The number of benzene rings is 1. The highest BCUT2D eigenvalue weighted by Crippen LogP contribution is 2.36. The van der Waals surface area contributed by atoms with Gasteiger partial charge in [0.2, 0.25) is 0 Å². The van der Waals surface area contributed by atoms with E-state index >= 15 is 0 Å². The van der Waals surface area contributed by atoms with Crippen LogP contribution in [0.25, 0.3) is 10.4 Å². The van der Waals surface area contributed by atoms with Gasteiger partial charge < -0.3 is 9.16 Å². The molecule has 0 saturated carbocycles. The number of hydrogen-bond donors (Lipinski definition) is 0. The van der Waals surface area contributed by atoms with E-state index in [-0.39, 0.29) is 11.0 Å². The Bertz CT molecular complexity index is 555. The van der Waals surface area contributed by atoms with E-state index in [0.717, 1.165) is 10.2 Å². The van der Waals surface area contributed by atoms with Gasteiger partial charge in [-0.1, -0.05) is 47.9 Å². The van der Waals surface area contributed by atoms with Gasteiger partial charge in [-0.05, 0) is 41.9 Å². The molecule has 1 atom stereocenters. The first-order valence-corrected chi connectivity index (χ1v) is 11.4. The van der Waals surface area contributed by atoms with Crippen LogP contribution in [0.5, 0.6) is 5.75 Å². The largest absolute Gasteiger partial charge is 0.493 e. The van der Waals surface area contributed by atoms with Gasteiger partial charge in [0.15, 0.2) is 8.32 Å². The van der Waals surface area contributed by atoms with Gasteiger partial charge in [0.05, 0.1) is 6.61 Å². The molecule has 0 spiro atoms. The average Bonchev–Trinajstić information content (AvgIpc) is 2.45. The second kappa shape index (κ2) is 8.73. The van der Waals surface area contributed by atoms with Crippen molar-refractivity contribution in [3.63, 3.8) is 0 Å². The molecule has 0 aliphatic carbocycles. The lowest BCUT2D eigenvalue weighted by molar-refractivity contribution is 0.170. The standard InChI is InChI=1S/C16H26BrN3O2Si/c1-16(2,3)23(4,5)22-12-13(10-19-20-18)11-21-15-8-6-7-14(17)9-15/h6-9,13H,10-12H2,1-5H3/t13-/m0/s1. The van der Waals surface area contributed by atoms with E-state index < -0.39 is 8.32 Å². The molecule has 0 bridgehead atoms. The second-order valence-electron chi connectivity index (χ2n) is 7.12. The molecule has 0 unspecified atom stereocenters. The highest BCUT2D eigenvalue weighted by molar-refractivity contribution is 9.10. The average molecular weight is 400 g/mol. The molecule has 0 heterocycles. The summed E-state index contributed by atoms with van der Waals surface area (Å²) < 4.78 is 13.0. The monoisotopic (exact) mass is 399 g/mol.